The van der Waals surface area contributed by atoms with Gasteiger partial charge in [0.05, 0.1) is 17.0 Å². The predicted molar refractivity (Wildman–Crippen MR) is 121 cm³/mol. The van der Waals surface area contributed by atoms with Gasteiger partial charge in [0.15, 0.2) is 5.82 Å². The summed E-state index contributed by atoms with van der Waals surface area (Å²) in [5.74, 6) is -2.33. The molecule has 0 saturated heterocycles. The first-order valence-corrected chi connectivity index (χ1v) is 10.4. The molecule has 1 heterocycles. The highest BCUT2D eigenvalue weighted by atomic mass is 32.1. The Morgan fingerprint density at radius 2 is 1.48 bits per heavy atom. The van der Waals surface area contributed by atoms with E-state index in [1.54, 1.807) is 36.4 Å². The van der Waals surface area contributed by atoms with Crippen molar-refractivity contribution >= 4 is 28.9 Å². The third-order valence-electron chi connectivity index (χ3n) is 4.79. The maximum absolute atomic E-state index is 15.3. The molecule has 4 rings (SSSR count). The molecule has 0 aliphatic heterocycles. The maximum atomic E-state index is 15.3. The number of thiophene rings is 1. The second-order valence-corrected chi connectivity index (χ2v) is 7.96. The number of halogens is 1. The van der Waals surface area contributed by atoms with Crippen LogP contribution in [0.4, 0.5) is 10.1 Å². The Morgan fingerprint density at radius 1 is 0.839 bits per heavy atom. The fourth-order valence-corrected chi connectivity index (χ4v) is 4.24. The number of anilines is 1. The monoisotopic (exact) mass is 431 g/mol. The molecule has 1 amide bonds. The normalized spacial score (nSPS) is 10.6. The summed E-state index contributed by atoms with van der Waals surface area (Å²) in [4.78, 5) is 25.4. The first-order chi connectivity index (χ1) is 15.0. The van der Waals surface area contributed by atoms with E-state index in [1.807, 2.05) is 42.5 Å². The van der Waals surface area contributed by atoms with Gasteiger partial charge in [-0.05, 0) is 34.9 Å². The van der Waals surface area contributed by atoms with E-state index in [1.165, 1.54) is 17.4 Å². The topological polar surface area (TPSA) is 66.4 Å². The minimum absolute atomic E-state index is 0.0349. The van der Waals surface area contributed by atoms with Gasteiger partial charge in [0.25, 0.3) is 5.91 Å². The summed E-state index contributed by atoms with van der Waals surface area (Å²) in [6.45, 7) is 0. The number of benzene rings is 3. The van der Waals surface area contributed by atoms with Crippen LogP contribution in [0.5, 0.6) is 0 Å². The van der Waals surface area contributed by atoms with E-state index in [2.05, 4.69) is 5.32 Å². The first kappa shape index (κ1) is 20.5. The highest BCUT2D eigenvalue weighted by Crippen LogP contribution is 2.32. The number of nitrogens with one attached hydrogen (secondary N) is 1. The standard InChI is InChI=1S/C25H18FNO3S/c26-24-19(15-23(28)29)18(16-7-3-1-4-8-16)11-12-20(24)27-25(30)22-14-13-21(31-22)17-9-5-2-6-10-17/h1-14H,15H2,(H,27,30)(H,28,29). The smallest absolute Gasteiger partial charge is 0.307 e. The number of hydrogen-bond acceptors (Lipinski definition) is 3. The van der Waals surface area contributed by atoms with E-state index in [0.717, 1.165) is 10.4 Å². The van der Waals surface area contributed by atoms with Crippen molar-refractivity contribution in [2.75, 3.05) is 5.32 Å². The zero-order valence-corrected chi connectivity index (χ0v) is 17.2. The largest absolute Gasteiger partial charge is 0.481 e. The number of carboxylic acid groups (broad SMARTS) is 1. The van der Waals surface area contributed by atoms with Crippen molar-refractivity contribution < 1.29 is 19.1 Å². The number of hydrogen-bond donors (Lipinski definition) is 2. The van der Waals surface area contributed by atoms with E-state index in [4.69, 9.17) is 0 Å². The predicted octanol–water partition coefficient (Wildman–Crippen LogP) is 6.10. The Bertz CT molecular complexity index is 1240. The minimum atomic E-state index is -1.15. The summed E-state index contributed by atoms with van der Waals surface area (Å²) in [5.41, 5.74) is 2.18. The summed E-state index contributed by atoms with van der Waals surface area (Å²) in [5, 5.41) is 11.9. The van der Waals surface area contributed by atoms with Crippen molar-refractivity contribution in [3.8, 4) is 21.6 Å². The average molecular weight is 431 g/mol. The van der Waals surface area contributed by atoms with Crippen molar-refractivity contribution in [2.45, 2.75) is 6.42 Å². The number of carboxylic acids is 1. The molecule has 0 bridgehead atoms. The van der Waals surface area contributed by atoms with Crippen LogP contribution in [0.25, 0.3) is 21.6 Å². The van der Waals surface area contributed by atoms with E-state index in [9.17, 15) is 14.7 Å². The maximum Gasteiger partial charge on any atom is 0.307 e. The van der Waals surface area contributed by atoms with Gasteiger partial charge in [-0.3, -0.25) is 9.59 Å². The van der Waals surface area contributed by atoms with Crippen LogP contribution in [-0.2, 0) is 11.2 Å². The molecule has 4 nitrogen and oxygen atoms in total. The Kier molecular flexibility index (Phi) is 5.91. The molecule has 2 N–H and O–H groups in total. The van der Waals surface area contributed by atoms with Crippen molar-refractivity contribution in [3.05, 3.63) is 101 Å². The molecular formula is C25H18FNO3S. The molecule has 0 aliphatic rings. The number of rotatable bonds is 6. The molecule has 154 valence electrons. The molecule has 31 heavy (non-hydrogen) atoms. The average Bonchev–Trinajstić information content (AvgIpc) is 3.28. The molecule has 4 aromatic rings. The SMILES string of the molecule is O=C(O)Cc1c(-c2ccccc2)ccc(NC(=O)c2ccc(-c3ccccc3)s2)c1F. The first-order valence-electron chi connectivity index (χ1n) is 9.58. The van der Waals surface area contributed by atoms with E-state index in [0.29, 0.717) is 16.0 Å². The lowest BCUT2D eigenvalue weighted by atomic mass is 9.96. The van der Waals surface area contributed by atoms with Crippen LogP contribution in [0.3, 0.4) is 0 Å². The Labute approximate surface area is 182 Å². The van der Waals surface area contributed by atoms with E-state index < -0.39 is 24.1 Å². The Morgan fingerprint density at radius 3 is 2.13 bits per heavy atom. The zero-order chi connectivity index (χ0) is 21.8. The van der Waals surface area contributed by atoms with Gasteiger partial charge in [-0.25, -0.2) is 4.39 Å². The van der Waals surface area contributed by atoms with Crippen molar-refractivity contribution in [3.63, 3.8) is 0 Å². The number of amides is 1. The van der Waals surface area contributed by atoms with E-state index >= 15 is 4.39 Å². The summed E-state index contributed by atoms with van der Waals surface area (Å²) in [6.07, 6.45) is -0.489. The fourth-order valence-electron chi connectivity index (χ4n) is 3.33. The van der Waals surface area contributed by atoms with Gasteiger partial charge < -0.3 is 10.4 Å². The molecule has 0 aliphatic carbocycles. The molecule has 0 radical (unpaired) electrons. The van der Waals surface area contributed by atoms with Crippen molar-refractivity contribution in [1.82, 2.24) is 0 Å². The highest BCUT2D eigenvalue weighted by molar-refractivity contribution is 7.17. The van der Waals surface area contributed by atoms with Crippen LogP contribution in [0.1, 0.15) is 15.2 Å². The minimum Gasteiger partial charge on any atom is -0.481 e. The van der Waals surface area contributed by atoms with Crippen LogP contribution in [0.15, 0.2) is 84.9 Å². The highest BCUT2D eigenvalue weighted by Gasteiger charge is 2.19. The zero-order valence-electron chi connectivity index (χ0n) is 16.3. The second kappa shape index (κ2) is 8.93. The van der Waals surface area contributed by atoms with Gasteiger partial charge in [0, 0.05) is 10.4 Å². The van der Waals surface area contributed by atoms with Crippen LogP contribution in [-0.4, -0.2) is 17.0 Å². The van der Waals surface area contributed by atoms with Crippen LogP contribution < -0.4 is 5.32 Å². The van der Waals surface area contributed by atoms with Crippen molar-refractivity contribution in [1.29, 1.82) is 0 Å². The fraction of sp³-hybridized carbons (Fsp3) is 0.0400. The third kappa shape index (κ3) is 4.54. The van der Waals surface area contributed by atoms with Gasteiger partial charge in [0.2, 0.25) is 0 Å². The van der Waals surface area contributed by atoms with Crippen LogP contribution in [0, 0.1) is 5.82 Å². The summed E-state index contributed by atoms with van der Waals surface area (Å²) >= 11 is 1.31. The van der Waals surface area contributed by atoms with Crippen molar-refractivity contribution in [2.24, 2.45) is 0 Å². The van der Waals surface area contributed by atoms with Gasteiger partial charge in [-0.15, -0.1) is 11.3 Å². The molecule has 0 unspecified atom stereocenters. The Balaban J connectivity index is 1.63. The third-order valence-corrected chi connectivity index (χ3v) is 5.93. The molecule has 0 atom stereocenters. The lowest BCUT2D eigenvalue weighted by molar-refractivity contribution is -0.136. The molecule has 0 saturated carbocycles. The van der Waals surface area contributed by atoms with Crippen LogP contribution in [0.2, 0.25) is 0 Å². The number of aliphatic carboxylic acids is 1. The molecule has 6 heteroatoms. The second-order valence-electron chi connectivity index (χ2n) is 6.87. The van der Waals surface area contributed by atoms with Crippen LogP contribution >= 0.6 is 11.3 Å². The Hall–Kier alpha value is -3.77. The van der Waals surface area contributed by atoms with Gasteiger partial charge in [0.1, 0.15) is 0 Å². The number of carbonyl (C=O) groups is 2. The summed E-state index contributed by atoms with van der Waals surface area (Å²) < 4.78 is 15.3. The lowest BCUT2D eigenvalue weighted by Gasteiger charge is -2.13. The molecule has 1 aromatic heterocycles. The van der Waals surface area contributed by atoms with Gasteiger partial charge in [-0.2, -0.15) is 0 Å². The molecule has 0 fully saturated rings. The quantitative estimate of drug-likeness (QED) is 0.388. The van der Waals surface area contributed by atoms with Gasteiger partial charge in [-0.1, -0.05) is 66.7 Å². The lowest BCUT2D eigenvalue weighted by Crippen LogP contribution is -2.13. The molecule has 0 spiro atoms. The van der Waals surface area contributed by atoms with Gasteiger partial charge >= 0.3 is 5.97 Å². The summed E-state index contributed by atoms with van der Waals surface area (Å²) in [7, 11) is 0. The molecular weight excluding hydrogens is 413 g/mol. The summed E-state index contributed by atoms with van der Waals surface area (Å²) in [6, 6.07) is 25.3. The number of carbonyl (C=O) groups excluding carboxylic acids is 1. The molecule has 3 aromatic carbocycles. The van der Waals surface area contributed by atoms with E-state index in [-0.39, 0.29) is 11.3 Å².